The summed E-state index contributed by atoms with van der Waals surface area (Å²) < 4.78 is 0. The van der Waals surface area contributed by atoms with Gasteiger partial charge in [0.1, 0.15) is 0 Å². The van der Waals surface area contributed by atoms with Gasteiger partial charge in [-0.25, -0.2) is 0 Å². The van der Waals surface area contributed by atoms with Crippen LogP contribution in [0.4, 0.5) is 0 Å². The lowest BCUT2D eigenvalue weighted by Gasteiger charge is -2.24. The van der Waals surface area contributed by atoms with Crippen LogP contribution in [0, 0.1) is 5.92 Å². The van der Waals surface area contributed by atoms with Crippen LogP contribution in [0.15, 0.2) is 30.5 Å². The first kappa shape index (κ1) is 15.0. The fraction of sp³-hybridized carbons (Fsp3) is 0.500. The van der Waals surface area contributed by atoms with Gasteiger partial charge in [-0.1, -0.05) is 32.0 Å². The topological polar surface area (TPSA) is 82.3 Å². The fourth-order valence-electron chi connectivity index (χ4n) is 2.58. The quantitative estimate of drug-likeness (QED) is 0.649. The van der Waals surface area contributed by atoms with Crippen molar-refractivity contribution in [3.8, 4) is 0 Å². The average Bonchev–Trinajstić information content (AvgIpc) is 2.80. The first-order valence-electron chi connectivity index (χ1n) is 7.15. The summed E-state index contributed by atoms with van der Waals surface area (Å²) >= 11 is 0. The van der Waals surface area contributed by atoms with Gasteiger partial charge in [0, 0.05) is 23.1 Å². The predicted molar refractivity (Wildman–Crippen MR) is 81.4 cm³/mol. The van der Waals surface area contributed by atoms with Crippen LogP contribution in [-0.2, 0) is 6.42 Å². The lowest BCUT2D eigenvalue weighted by atomic mass is 9.94. The summed E-state index contributed by atoms with van der Waals surface area (Å²) in [5.41, 5.74) is 8.19. The molecule has 0 aliphatic heterocycles. The van der Waals surface area contributed by atoms with Gasteiger partial charge in [-0.2, -0.15) is 0 Å². The number of rotatable bonds is 6. The minimum Gasteiger partial charge on any atom is -0.390 e. The van der Waals surface area contributed by atoms with Gasteiger partial charge in [0.2, 0.25) is 0 Å². The number of aliphatic hydroxyl groups excluding tert-OH is 2. The molecule has 3 atom stereocenters. The number of fused-ring (bicyclic) bond motifs is 1. The van der Waals surface area contributed by atoms with Crippen molar-refractivity contribution in [2.24, 2.45) is 11.7 Å². The molecule has 4 nitrogen and oxygen atoms in total. The van der Waals surface area contributed by atoms with E-state index in [1.807, 2.05) is 44.3 Å². The Hall–Kier alpha value is -1.36. The molecule has 5 N–H and O–H groups in total. The summed E-state index contributed by atoms with van der Waals surface area (Å²) in [7, 11) is 0. The SMILES string of the molecule is CC(C)C[C@H](O)[C@H](O)[C@@H](N)Cc1c[nH]c2ccccc12. The van der Waals surface area contributed by atoms with Crippen LogP contribution in [0.2, 0.25) is 0 Å². The summed E-state index contributed by atoms with van der Waals surface area (Å²) in [6.45, 7) is 4.03. The highest BCUT2D eigenvalue weighted by atomic mass is 16.3. The van der Waals surface area contributed by atoms with Gasteiger partial charge in [-0.05, 0) is 30.4 Å². The van der Waals surface area contributed by atoms with E-state index in [9.17, 15) is 10.2 Å². The molecule has 4 heteroatoms. The Morgan fingerprint density at radius 3 is 2.60 bits per heavy atom. The minimum atomic E-state index is -0.897. The number of aromatic amines is 1. The molecule has 1 heterocycles. The Morgan fingerprint density at radius 1 is 1.20 bits per heavy atom. The summed E-state index contributed by atoms with van der Waals surface area (Å²) in [4.78, 5) is 3.19. The number of H-pyrrole nitrogens is 1. The van der Waals surface area contributed by atoms with Crippen molar-refractivity contribution in [3.63, 3.8) is 0 Å². The predicted octanol–water partition coefficient (Wildman–Crippen LogP) is 1.81. The Balaban J connectivity index is 2.05. The molecule has 0 aliphatic rings. The summed E-state index contributed by atoms with van der Waals surface area (Å²) in [6, 6.07) is 7.53. The third kappa shape index (κ3) is 3.39. The van der Waals surface area contributed by atoms with Crippen LogP contribution in [-0.4, -0.2) is 33.4 Å². The van der Waals surface area contributed by atoms with Crippen molar-refractivity contribution < 1.29 is 10.2 Å². The van der Waals surface area contributed by atoms with E-state index in [4.69, 9.17) is 5.73 Å². The van der Waals surface area contributed by atoms with Crippen molar-refractivity contribution in [1.82, 2.24) is 4.98 Å². The maximum atomic E-state index is 10.1. The van der Waals surface area contributed by atoms with Crippen LogP contribution in [0.5, 0.6) is 0 Å². The number of aliphatic hydroxyl groups is 2. The third-order valence-corrected chi connectivity index (χ3v) is 3.68. The molecule has 0 saturated carbocycles. The van der Waals surface area contributed by atoms with Crippen LogP contribution < -0.4 is 5.73 Å². The van der Waals surface area contributed by atoms with Crippen molar-refractivity contribution >= 4 is 10.9 Å². The Kier molecular flexibility index (Phi) is 4.81. The number of benzene rings is 1. The van der Waals surface area contributed by atoms with Gasteiger partial charge in [0.25, 0.3) is 0 Å². The molecule has 1 aromatic carbocycles. The maximum Gasteiger partial charge on any atom is 0.0952 e. The molecule has 2 rings (SSSR count). The van der Waals surface area contributed by atoms with Crippen molar-refractivity contribution in [1.29, 1.82) is 0 Å². The highest BCUT2D eigenvalue weighted by molar-refractivity contribution is 5.83. The molecule has 0 radical (unpaired) electrons. The van der Waals surface area contributed by atoms with Gasteiger partial charge in [-0.3, -0.25) is 0 Å². The molecule has 0 spiro atoms. The van der Waals surface area contributed by atoms with Crippen LogP contribution in [0.3, 0.4) is 0 Å². The van der Waals surface area contributed by atoms with Crippen molar-refractivity contribution in [3.05, 3.63) is 36.0 Å². The van der Waals surface area contributed by atoms with E-state index in [1.54, 1.807) is 0 Å². The van der Waals surface area contributed by atoms with Crippen molar-refractivity contribution in [2.45, 2.75) is 44.9 Å². The Labute approximate surface area is 119 Å². The van der Waals surface area contributed by atoms with E-state index in [0.29, 0.717) is 18.8 Å². The number of aromatic nitrogens is 1. The third-order valence-electron chi connectivity index (χ3n) is 3.68. The number of nitrogens with one attached hydrogen (secondary N) is 1. The zero-order valence-electron chi connectivity index (χ0n) is 12.1. The zero-order chi connectivity index (χ0) is 14.7. The highest BCUT2D eigenvalue weighted by Crippen LogP contribution is 2.20. The van der Waals surface area contributed by atoms with Crippen LogP contribution in [0.1, 0.15) is 25.8 Å². The molecule has 0 unspecified atom stereocenters. The first-order chi connectivity index (χ1) is 9.49. The van der Waals surface area contributed by atoms with Gasteiger partial charge in [0.05, 0.1) is 12.2 Å². The average molecular weight is 276 g/mol. The molecule has 0 aliphatic carbocycles. The van der Waals surface area contributed by atoms with Crippen LogP contribution in [0.25, 0.3) is 10.9 Å². The molecule has 0 fully saturated rings. The summed E-state index contributed by atoms with van der Waals surface area (Å²) in [5, 5.41) is 21.2. The molecule has 0 saturated heterocycles. The van der Waals surface area contributed by atoms with Gasteiger partial charge in [0.15, 0.2) is 0 Å². The molecule has 2 aromatic rings. The number of para-hydroxylation sites is 1. The molecular weight excluding hydrogens is 252 g/mol. The lowest BCUT2D eigenvalue weighted by molar-refractivity contribution is -0.00649. The smallest absolute Gasteiger partial charge is 0.0952 e. The van der Waals surface area contributed by atoms with E-state index in [-0.39, 0.29) is 0 Å². The Morgan fingerprint density at radius 2 is 1.90 bits per heavy atom. The monoisotopic (exact) mass is 276 g/mol. The first-order valence-corrected chi connectivity index (χ1v) is 7.15. The highest BCUT2D eigenvalue weighted by Gasteiger charge is 2.24. The molecule has 20 heavy (non-hydrogen) atoms. The zero-order valence-corrected chi connectivity index (χ0v) is 12.1. The van der Waals surface area contributed by atoms with Gasteiger partial charge in [-0.15, -0.1) is 0 Å². The van der Waals surface area contributed by atoms with E-state index >= 15 is 0 Å². The standard InChI is InChI=1S/C16H24N2O2/c1-10(2)7-15(19)16(20)13(17)8-11-9-18-14-6-4-3-5-12(11)14/h3-6,9-10,13,15-16,18-20H,7-8,17H2,1-2H3/t13-,15-,16+/m0/s1. The minimum absolute atomic E-state index is 0.333. The maximum absolute atomic E-state index is 10.1. The van der Waals surface area contributed by atoms with Crippen molar-refractivity contribution in [2.75, 3.05) is 0 Å². The largest absolute Gasteiger partial charge is 0.390 e. The second kappa shape index (κ2) is 6.39. The van der Waals surface area contributed by atoms with Gasteiger partial charge >= 0.3 is 0 Å². The Bertz CT molecular complexity index is 550. The number of nitrogens with two attached hydrogens (primary N) is 1. The number of hydrogen-bond donors (Lipinski definition) is 4. The molecule has 1 aromatic heterocycles. The second-order valence-electron chi connectivity index (χ2n) is 5.91. The normalized spacial score (nSPS) is 16.5. The van der Waals surface area contributed by atoms with Crippen LogP contribution >= 0.6 is 0 Å². The summed E-state index contributed by atoms with van der Waals surface area (Å²) in [5.74, 6) is 0.333. The van der Waals surface area contributed by atoms with E-state index in [2.05, 4.69) is 4.98 Å². The molecule has 110 valence electrons. The number of hydrogen-bond acceptors (Lipinski definition) is 3. The van der Waals surface area contributed by atoms with E-state index < -0.39 is 18.2 Å². The van der Waals surface area contributed by atoms with E-state index in [0.717, 1.165) is 16.5 Å². The molecule has 0 bridgehead atoms. The van der Waals surface area contributed by atoms with E-state index in [1.165, 1.54) is 0 Å². The molecule has 0 amide bonds. The molecular formula is C16H24N2O2. The fourth-order valence-corrected chi connectivity index (χ4v) is 2.58. The summed E-state index contributed by atoms with van der Waals surface area (Å²) in [6.07, 6.45) is 1.36. The second-order valence-corrected chi connectivity index (χ2v) is 5.91. The lowest BCUT2D eigenvalue weighted by Crippen LogP contribution is -2.44. The van der Waals surface area contributed by atoms with Gasteiger partial charge < -0.3 is 20.9 Å².